The first-order chi connectivity index (χ1) is 25.8. The fourth-order valence-electron chi connectivity index (χ4n) is 7.61. The van der Waals surface area contributed by atoms with Crippen LogP contribution < -0.4 is 4.90 Å². The molecule has 10 rings (SSSR count). The number of nitrogens with zero attached hydrogens (tertiary/aromatic N) is 3. The van der Waals surface area contributed by atoms with Crippen LogP contribution in [0.4, 0.5) is 17.1 Å². The number of rotatable bonds is 6. The average molecular weight is 664 g/mol. The molecule has 10 aromatic rings. The topological polar surface area (TPSA) is 20.5 Å². The summed E-state index contributed by atoms with van der Waals surface area (Å²) in [5, 5.41) is 3.58. The van der Waals surface area contributed by atoms with Crippen LogP contribution in [0.2, 0.25) is 0 Å². The van der Waals surface area contributed by atoms with Gasteiger partial charge in [0.1, 0.15) is 5.65 Å². The molecule has 3 heteroatoms. The maximum absolute atomic E-state index is 5.09. The van der Waals surface area contributed by atoms with Crippen molar-refractivity contribution in [2.75, 3.05) is 4.90 Å². The average Bonchev–Trinajstić information content (AvgIpc) is 3.63. The molecule has 0 amide bonds. The standard InChI is InChI=1S/C49H33N3/c1-3-11-34(12-4-1)36-19-26-40(27-20-36)51(41-28-21-37(22-29-41)35-13-5-2-6-14-35)42-30-23-38(24-31-42)39-25-32-44-45(33-39)43-15-7-9-17-47(43)52-48-18-10-8-16-46(48)50-49(44)52/h1-33H. The molecule has 52 heavy (non-hydrogen) atoms. The molecule has 0 spiro atoms. The van der Waals surface area contributed by atoms with Crippen molar-refractivity contribution in [1.29, 1.82) is 0 Å². The van der Waals surface area contributed by atoms with E-state index >= 15 is 0 Å². The van der Waals surface area contributed by atoms with Crippen molar-refractivity contribution in [2.45, 2.75) is 0 Å². The molecular weight excluding hydrogens is 631 g/mol. The molecule has 2 aromatic heterocycles. The number of hydrogen-bond acceptors (Lipinski definition) is 2. The van der Waals surface area contributed by atoms with Gasteiger partial charge in [0.15, 0.2) is 0 Å². The lowest BCUT2D eigenvalue weighted by atomic mass is 9.98. The molecule has 244 valence electrons. The van der Waals surface area contributed by atoms with Crippen LogP contribution >= 0.6 is 0 Å². The van der Waals surface area contributed by atoms with E-state index in [-0.39, 0.29) is 0 Å². The second-order valence-electron chi connectivity index (χ2n) is 13.2. The molecule has 0 radical (unpaired) electrons. The number of para-hydroxylation sites is 3. The smallest absolute Gasteiger partial charge is 0.146 e. The van der Waals surface area contributed by atoms with Gasteiger partial charge < -0.3 is 4.90 Å². The van der Waals surface area contributed by atoms with E-state index in [4.69, 9.17) is 4.98 Å². The van der Waals surface area contributed by atoms with Crippen LogP contribution in [0, 0.1) is 0 Å². The molecule has 0 aliphatic rings. The Morgan fingerprint density at radius 2 is 0.769 bits per heavy atom. The molecule has 0 bridgehead atoms. The Hall–Kier alpha value is -6.97. The molecular formula is C49H33N3. The lowest BCUT2D eigenvalue weighted by Gasteiger charge is -2.26. The summed E-state index contributed by atoms with van der Waals surface area (Å²) in [6, 6.07) is 71.6. The van der Waals surface area contributed by atoms with Crippen LogP contribution in [-0.4, -0.2) is 9.38 Å². The minimum Gasteiger partial charge on any atom is -0.311 e. The van der Waals surface area contributed by atoms with Crippen LogP contribution in [-0.2, 0) is 0 Å². The lowest BCUT2D eigenvalue weighted by molar-refractivity contribution is 1.28. The van der Waals surface area contributed by atoms with Crippen LogP contribution in [0.15, 0.2) is 200 Å². The third-order valence-corrected chi connectivity index (χ3v) is 10.2. The summed E-state index contributed by atoms with van der Waals surface area (Å²) in [6.45, 7) is 0. The molecule has 0 atom stereocenters. The molecule has 0 aliphatic carbocycles. The summed E-state index contributed by atoms with van der Waals surface area (Å²) in [6.07, 6.45) is 0. The molecule has 0 saturated heterocycles. The summed E-state index contributed by atoms with van der Waals surface area (Å²) >= 11 is 0. The van der Waals surface area contributed by atoms with Crippen LogP contribution in [0.5, 0.6) is 0 Å². The van der Waals surface area contributed by atoms with Gasteiger partial charge in [-0.2, -0.15) is 0 Å². The maximum Gasteiger partial charge on any atom is 0.146 e. The van der Waals surface area contributed by atoms with E-state index in [1.165, 1.54) is 49.7 Å². The molecule has 0 aliphatic heterocycles. The molecule has 0 saturated carbocycles. The predicted octanol–water partition coefficient (Wildman–Crippen LogP) is 13.3. The number of benzene rings is 8. The Morgan fingerprint density at radius 1 is 0.327 bits per heavy atom. The van der Waals surface area contributed by atoms with Gasteiger partial charge in [-0.1, -0.05) is 133 Å². The second-order valence-corrected chi connectivity index (χ2v) is 13.2. The fraction of sp³-hybridized carbons (Fsp3) is 0. The molecule has 3 nitrogen and oxygen atoms in total. The number of pyridine rings is 1. The van der Waals surface area contributed by atoms with Crippen molar-refractivity contribution in [3.63, 3.8) is 0 Å². The first-order valence-electron chi connectivity index (χ1n) is 17.7. The SMILES string of the molecule is c1ccc(-c2ccc(N(c3ccc(-c4ccccc4)cc3)c3ccc(-c4ccc5c(c4)c4ccccc4n4c6ccccc6nc54)cc3)cc2)cc1. The monoisotopic (exact) mass is 663 g/mol. The number of aromatic nitrogens is 2. The highest BCUT2D eigenvalue weighted by molar-refractivity contribution is 6.14. The second kappa shape index (κ2) is 12.4. The third-order valence-electron chi connectivity index (χ3n) is 10.2. The Morgan fingerprint density at radius 3 is 1.35 bits per heavy atom. The molecule has 0 fully saturated rings. The Bertz CT molecular complexity index is 2770. The normalized spacial score (nSPS) is 11.5. The number of hydrogen-bond donors (Lipinski definition) is 0. The van der Waals surface area contributed by atoms with Gasteiger partial charge in [0.2, 0.25) is 0 Å². The van der Waals surface area contributed by atoms with Gasteiger partial charge in [0, 0.05) is 27.8 Å². The lowest BCUT2D eigenvalue weighted by Crippen LogP contribution is -2.09. The highest BCUT2D eigenvalue weighted by Gasteiger charge is 2.16. The zero-order chi connectivity index (χ0) is 34.4. The van der Waals surface area contributed by atoms with Crippen LogP contribution in [0.1, 0.15) is 0 Å². The van der Waals surface area contributed by atoms with Crippen molar-refractivity contribution < 1.29 is 0 Å². The maximum atomic E-state index is 5.09. The van der Waals surface area contributed by atoms with E-state index < -0.39 is 0 Å². The van der Waals surface area contributed by atoms with Crippen molar-refractivity contribution in [2.24, 2.45) is 0 Å². The van der Waals surface area contributed by atoms with Gasteiger partial charge in [-0.15, -0.1) is 0 Å². The zero-order valence-electron chi connectivity index (χ0n) is 28.4. The summed E-state index contributed by atoms with van der Waals surface area (Å²) in [5.41, 5.74) is 14.8. The van der Waals surface area contributed by atoms with E-state index in [1.807, 2.05) is 0 Å². The summed E-state index contributed by atoms with van der Waals surface area (Å²) in [4.78, 5) is 7.42. The van der Waals surface area contributed by atoms with E-state index in [0.717, 1.165) is 39.1 Å². The van der Waals surface area contributed by atoms with Crippen molar-refractivity contribution >= 4 is 55.4 Å². The highest BCUT2D eigenvalue weighted by atomic mass is 15.1. The zero-order valence-corrected chi connectivity index (χ0v) is 28.4. The van der Waals surface area contributed by atoms with E-state index in [9.17, 15) is 0 Å². The number of fused-ring (bicyclic) bond motifs is 8. The van der Waals surface area contributed by atoms with E-state index in [1.54, 1.807) is 0 Å². The van der Waals surface area contributed by atoms with Gasteiger partial charge in [-0.3, -0.25) is 4.40 Å². The minimum atomic E-state index is 0.990. The Balaban J connectivity index is 1.06. The van der Waals surface area contributed by atoms with Gasteiger partial charge in [-0.25, -0.2) is 4.98 Å². The number of anilines is 3. The molecule has 0 unspecified atom stereocenters. The molecule has 0 N–H and O–H groups in total. The van der Waals surface area contributed by atoms with Crippen molar-refractivity contribution in [3.05, 3.63) is 200 Å². The van der Waals surface area contributed by atoms with Gasteiger partial charge >= 0.3 is 0 Å². The fourth-order valence-corrected chi connectivity index (χ4v) is 7.61. The predicted molar refractivity (Wildman–Crippen MR) is 219 cm³/mol. The van der Waals surface area contributed by atoms with E-state index in [0.29, 0.717) is 0 Å². The quantitative estimate of drug-likeness (QED) is 0.165. The van der Waals surface area contributed by atoms with Gasteiger partial charge in [0.05, 0.1) is 16.6 Å². The number of imidazole rings is 1. The largest absolute Gasteiger partial charge is 0.311 e. The van der Waals surface area contributed by atoms with Crippen molar-refractivity contribution in [3.8, 4) is 33.4 Å². The van der Waals surface area contributed by atoms with Crippen LogP contribution in [0.3, 0.4) is 0 Å². The van der Waals surface area contributed by atoms with Crippen molar-refractivity contribution in [1.82, 2.24) is 9.38 Å². The van der Waals surface area contributed by atoms with E-state index in [2.05, 4.69) is 209 Å². The summed E-state index contributed by atoms with van der Waals surface area (Å²) < 4.78 is 2.30. The first-order valence-corrected chi connectivity index (χ1v) is 17.7. The highest BCUT2D eigenvalue weighted by Crippen LogP contribution is 2.39. The summed E-state index contributed by atoms with van der Waals surface area (Å²) in [7, 11) is 0. The third kappa shape index (κ3) is 5.10. The van der Waals surface area contributed by atoms with Gasteiger partial charge in [0.25, 0.3) is 0 Å². The van der Waals surface area contributed by atoms with Gasteiger partial charge in [-0.05, 0) is 105 Å². The summed E-state index contributed by atoms with van der Waals surface area (Å²) in [5.74, 6) is 0. The minimum absolute atomic E-state index is 0.990. The first kappa shape index (κ1) is 29.9. The Labute approximate surface area is 302 Å². The Kier molecular flexibility index (Phi) is 7.14. The molecule has 2 heterocycles. The van der Waals surface area contributed by atoms with Crippen LogP contribution in [0.25, 0.3) is 71.7 Å². The molecule has 8 aromatic carbocycles.